The lowest BCUT2D eigenvalue weighted by Gasteiger charge is -2.25. The number of benzene rings is 3. The van der Waals surface area contributed by atoms with Crippen molar-refractivity contribution in [2.24, 2.45) is 0 Å². The van der Waals surface area contributed by atoms with E-state index in [-0.39, 0.29) is 23.6 Å². The number of hydrogen-bond donors (Lipinski definition) is 3. The Morgan fingerprint density at radius 3 is 2.58 bits per heavy atom. The maximum absolute atomic E-state index is 13.2. The Balaban J connectivity index is 1.56. The number of amides is 1. The number of H-pyrrole nitrogens is 1. The Kier molecular flexibility index (Phi) is 6.16. The molecule has 3 aromatic carbocycles. The summed E-state index contributed by atoms with van der Waals surface area (Å²) >= 11 is 5.98. The number of aliphatic hydroxyl groups excluding tert-OH is 1. The van der Waals surface area contributed by atoms with E-state index < -0.39 is 17.7 Å². The third-order valence-corrected chi connectivity index (χ3v) is 6.69. The van der Waals surface area contributed by atoms with Crippen molar-refractivity contribution in [3.8, 4) is 11.5 Å². The molecular weight excluding hydrogens is 480 g/mol. The van der Waals surface area contributed by atoms with Gasteiger partial charge in [-0.3, -0.25) is 9.59 Å². The molecule has 8 heteroatoms. The molecule has 1 aliphatic rings. The number of methoxy groups -OCH3 is 1. The van der Waals surface area contributed by atoms with Crippen molar-refractivity contribution >= 4 is 40.0 Å². The van der Waals surface area contributed by atoms with Crippen LogP contribution in [0.2, 0.25) is 5.02 Å². The first-order chi connectivity index (χ1) is 17.4. The number of aromatic amines is 1. The van der Waals surface area contributed by atoms with Gasteiger partial charge in [-0.1, -0.05) is 23.7 Å². The van der Waals surface area contributed by atoms with Gasteiger partial charge >= 0.3 is 0 Å². The van der Waals surface area contributed by atoms with E-state index in [1.807, 2.05) is 24.4 Å². The van der Waals surface area contributed by atoms with Crippen molar-refractivity contribution in [3.63, 3.8) is 0 Å². The standard InChI is InChI=1S/C28H23ClN2O5/c1-36-21-9-10-23-22(14-21)18(15-30-23)11-12-31-25(17-3-2-4-20(32)13-17)24(27(34)28(31)35)26(33)16-5-7-19(29)8-6-16/h2-10,13-15,25,30,32-33H,11-12H2,1H3/t25-/m0/s1. The summed E-state index contributed by atoms with van der Waals surface area (Å²) in [5.41, 5.74) is 2.74. The Bertz CT molecular complexity index is 1510. The van der Waals surface area contributed by atoms with Gasteiger partial charge in [-0.2, -0.15) is 0 Å². The molecule has 0 aliphatic carbocycles. The number of phenols is 1. The highest BCUT2D eigenvalue weighted by Gasteiger charge is 2.46. The molecule has 2 heterocycles. The molecule has 1 aromatic heterocycles. The quantitative estimate of drug-likeness (QED) is 0.191. The van der Waals surface area contributed by atoms with Gasteiger partial charge in [0.15, 0.2) is 0 Å². The molecule has 0 spiro atoms. The molecule has 1 amide bonds. The second-order valence-electron chi connectivity index (χ2n) is 8.57. The molecule has 5 rings (SSSR count). The van der Waals surface area contributed by atoms with Crippen LogP contribution < -0.4 is 4.74 Å². The summed E-state index contributed by atoms with van der Waals surface area (Å²) in [6.07, 6.45) is 2.33. The molecular formula is C28H23ClN2O5. The Morgan fingerprint density at radius 2 is 1.86 bits per heavy atom. The van der Waals surface area contributed by atoms with Crippen molar-refractivity contribution < 1.29 is 24.5 Å². The van der Waals surface area contributed by atoms with Gasteiger partial charge in [0.05, 0.1) is 18.7 Å². The molecule has 36 heavy (non-hydrogen) atoms. The number of aromatic nitrogens is 1. The highest BCUT2D eigenvalue weighted by atomic mass is 35.5. The number of ether oxygens (including phenoxy) is 1. The lowest BCUT2D eigenvalue weighted by molar-refractivity contribution is -0.139. The molecule has 1 saturated heterocycles. The number of carbonyl (C=O) groups excluding carboxylic acids is 2. The van der Waals surface area contributed by atoms with Crippen LogP contribution in [0.5, 0.6) is 11.5 Å². The van der Waals surface area contributed by atoms with E-state index >= 15 is 0 Å². The van der Waals surface area contributed by atoms with Crippen LogP contribution in [0.4, 0.5) is 0 Å². The lowest BCUT2D eigenvalue weighted by Crippen LogP contribution is -2.31. The van der Waals surface area contributed by atoms with Crippen molar-refractivity contribution in [1.29, 1.82) is 0 Å². The number of aromatic hydroxyl groups is 1. The zero-order chi connectivity index (χ0) is 25.4. The summed E-state index contributed by atoms with van der Waals surface area (Å²) in [6, 6.07) is 17.6. The third kappa shape index (κ3) is 4.18. The van der Waals surface area contributed by atoms with Gasteiger partial charge in [0.25, 0.3) is 11.7 Å². The van der Waals surface area contributed by atoms with E-state index in [1.54, 1.807) is 43.5 Å². The van der Waals surface area contributed by atoms with Crippen LogP contribution >= 0.6 is 11.6 Å². The second-order valence-corrected chi connectivity index (χ2v) is 9.01. The number of fused-ring (bicyclic) bond motifs is 1. The van der Waals surface area contributed by atoms with Gasteiger partial charge in [0.1, 0.15) is 17.3 Å². The molecule has 7 nitrogen and oxygen atoms in total. The first-order valence-corrected chi connectivity index (χ1v) is 11.7. The third-order valence-electron chi connectivity index (χ3n) is 6.44. The molecule has 0 radical (unpaired) electrons. The predicted octanol–water partition coefficient (Wildman–Crippen LogP) is 5.20. The number of halogens is 1. The van der Waals surface area contributed by atoms with Gasteiger partial charge in [-0.25, -0.2) is 0 Å². The molecule has 1 fully saturated rings. The number of nitrogens with one attached hydrogen (secondary N) is 1. The second kappa shape index (κ2) is 9.43. The van der Waals surface area contributed by atoms with Crippen molar-refractivity contribution in [3.05, 3.63) is 100 Å². The number of likely N-dealkylation sites (tertiary alicyclic amines) is 1. The predicted molar refractivity (Wildman–Crippen MR) is 137 cm³/mol. The number of carbonyl (C=O) groups is 2. The van der Waals surface area contributed by atoms with Gasteiger partial charge in [-0.05, 0) is 72.1 Å². The largest absolute Gasteiger partial charge is 0.508 e. The van der Waals surface area contributed by atoms with Crippen LogP contribution in [0.25, 0.3) is 16.7 Å². The Hall–Kier alpha value is -4.23. The van der Waals surface area contributed by atoms with E-state index in [1.165, 1.54) is 17.0 Å². The highest BCUT2D eigenvalue weighted by Crippen LogP contribution is 2.40. The fraction of sp³-hybridized carbons (Fsp3) is 0.143. The van der Waals surface area contributed by atoms with Crippen LogP contribution in [0, 0.1) is 0 Å². The number of nitrogens with zero attached hydrogens (tertiary/aromatic N) is 1. The summed E-state index contributed by atoms with van der Waals surface area (Å²) in [7, 11) is 1.60. The Morgan fingerprint density at radius 1 is 1.08 bits per heavy atom. The molecule has 0 saturated carbocycles. The molecule has 182 valence electrons. The average molecular weight is 503 g/mol. The number of ketones is 1. The maximum Gasteiger partial charge on any atom is 0.295 e. The number of phenolic OH excluding ortho intramolecular Hbond substituents is 1. The number of Topliss-reactive ketones (excluding diaryl/α,β-unsaturated/α-hetero) is 1. The van der Waals surface area contributed by atoms with Crippen molar-refractivity contribution in [2.75, 3.05) is 13.7 Å². The van der Waals surface area contributed by atoms with Crippen LogP contribution in [-0.2, 0) is 16.0 Å². The van der Waals surface area contributed by atoms with Crippen LogP contribution in [0.3, 0.4) is 0 Å². The fourth-order valence-electron chi connectivity index (χ4n) is 4.65. The topological polar surface area (TPSA) is 103 Å². The van der Waals surface area contributed by atoms with Crippen LogP contribution in [0.15, 0.2) is 78.5 Å². The van der Waals surface area contributed by atoms with Gasteiger partial charge < -0.3 is 24.8 Å². The number of rotatable bonds is 6. The normalized spacial score (nSPS) is 17.2. The monoisotopic (exact) mass is 502 g/mol. The minimum Gasteiger partial charge on any atom is -0.508 e. The maximum atomic E-state index is 13.2. The zero-order valence-corrected chi connectivity index (χ0v) is 20.1. The molecule has 3 N–H and O–H groups in total. The molecule has 0 bridgehead atoms. The van der Waals surface area contributed by atoms with E-state index in [0.717, 1.165) is 16.5 Å². The first kappa shape index (κ1) is 23.5. The summed E-state index contributed by atoms with van der Waals surface area (Å²) in [5, 5.41) is 22.7. The van der Waals surface area contributed by atoms with Crippen molar-refractivity contribution in [1.82, 2.24) is 9.88 Å². The zero-order valence-electron chi connectivity index (χ0n) is 19.4. The van der Waals surface area contributed by atoms with Gasteiger partial charge in [0.2, 0.25) is 0 Å². The minimum atomic E-state index is -0.868. The van der Waals surface area contributed by atoms with E-state index in [2.05, 4.69) is 4.98 Å². The summed E-state index contributed by atoms with van der Waals surface area (Å²) in [4.78, 5) is 31.1. The van der Waals surface area contributed by atoms with E-state index in [4.69, 9.17) is 16.3 Å². The average Bonchev–Trinajstić information content (AvgIpc) is 3.40. The number of hydrogen-bond acceptors (Lipinski definition) is 5. The lowest BCUT2D eigenvalue weighted by atomic mass is 9.95. The smallest absolute Gasteiger partial charge is 0.295 e. The highest BCUT2D eigenvalue weighted by molar-refractivity contribution is 6.46. The SMILES string of the molecule is COc1ccc2[nH]cc(CCN3C(=O)C(=O)C(=C(O)c4ccc(Cl)cc4)[C@@H]3c3cccc(O)c3)c2c1. The molecule has 1 aliphatic heterocycles. The number of aliphatic hydroxyl groups is 1. The Labute approximate surface area is 212 Å². The van der Waals surface area contributed by atoms with Gasteiger partial charge in [0, 0.05) is 34.2 Å². The first-order valence-electron chi connectivity index (χ1n) is 11.3. The van der Waals surface area contributed by atoms with Crippen LogP contribution in [-0.4, -0.2) is 45.4 Å². The summed E-state index contributed by atoms with van der Waals surface area (Å²) in [6.45, 7) is 0.215. The molecule has 1 atom stereocenters. The fourth-order valence-corrected chi connectivity index (χ4v) is 4.77. The van der Waals surface area contributed by atoms with Gasteiger partial charge in [-0.15, -0.1) is 0 Å². The summed E-state index contributed by atoms with van der Waals surface area (Å²) < 4.78 is 5.34. The minimum absolute atomic E-state index is 0.00620. The van der Waals surface area contributed by atoms with E-state index in [9.17, 15) is 19.8 Å². The molecule has 0 unspecified atom stereocenters. The van der Waals surface area contributed by atoms with E-state index in [0.29, 0.717) is 28.3 Å². The summed E-state index contributed by atoms with van der Waals surface area (Å²) in [5.74, 6) is -1.08. The van der Waals surface area contributed by atoms with Crippen LogP contribution in [0.1, 0.15) is 22.7 Å². The molecule has 4 aromatic rings. The van der Waals surface area contributed by atoms with Crippen molar-refractivity contribution in [2.45, 2.75) is 12.5 Å².